The molecule has 1 aliphatic heterocycles. The first-order chi connectivity index (χ1) is 14.0. The molecular formula is C24H24N2O3. The number of carbonyl (C=O) groups is 1. The van der Waals surface area contributed by atoms with E-state index in [0.29, 0.717) is 17.1 Å². The summed E-state index contributed by atoms with van der Waals surface area (Å²) in [7, 11) is 3.22. The van der Waals surface area contributed by atoms with Gasteiger partial charge in [-0.1, -0.05) is 24.3 Å². The summed E-state index contributed by atoms with van der Waals surface area (Å²) >= 11 is 0. The van der Waals surface area contributed by atoms with Gasteiger partial charge in [-0.25, -0.2) is 0 Å². The van der Waals surface area contributed by atoms with E-state index in [2.05, 4.69) is 11.4 Å². The largest absolute Gasteiger partial charge is 0.493 e. The number of fused-ring (bicyclic) bond motifs is 1. The fourth-order valence-corrected chi connectivity index (χ4v) is 3.87. The minimum Gasteiger partial charge on any atom is -0.493 e. The van der Waals surface area contributed by atoms with E-state index in [9.17, 15) is 4.79 Å². The zero-order valence-electron chi connectivity index (χ0n) is 17.0. The number of nitrogens with one attached hydrogen (secondary N) is 1. The quantitative estimate of drug-likeness (QED) is 0.676. The normalized spacial score (nSPS) is 15.5. The van der Waals surface area contributed by atoms with E-state index in [1.165, 1.54) is 0 Å². The van der Waals surface area contributed by atoms with Crippen LogP contribution in [0.3, 0.4) is 0 Å². The Labute approximate surface area is 170 Å². The number of benzene rings is 3. The van der Waals surface area contributed by atoms with E-state index in [1.807, 2.05) is 73.3 Å². The van der Waals surface area contributed by atoms with Gasteiger partial charge < -0.3 is 14.8 Å². The van der Waals surface area contributed by atoms with Crippen LogP contribution in [-0.4, -0.2) is 20.1 Å². The number of carbonyl (C=O) groups excluding carboxylic acids is 1. The van der Waals surface area contributed by atoms with E-state index in [-0.39, 0.29) is 12.1 Å². The summed E-state index contributed by atoms with van der Waals surface area (Å²) in [4.78, 5) is 15.3. The second kappa shape index (κ2) is 7.51. The molecule has 0 aliphatic carbocycles. The maximum Gasteiger partial charge on any atom is 0.262 e. The van der Waals surface area contributed by atoms with Gasteiger partial charge in [-0.15, -0.1) is 0 Å². The Kier molecular flexibility index (Phi) is 4.89. The molecule has 1 unspecified atom stereocenters. The summed E-state index contributed by atoms with van der Waals surface area (Å²) in [6.45, 7) is 4.08. The van der Waals surface area contributed by atoms with Gasteiger partial charge in [-0.2, -0.15) is 0 Å². The van der Waals surface area contributed by atoms with Gasteiger partial charge in [0.15, 0.2) is 11.5 Å². The molecular weight excluding hydrogens is 364 g/mol. The number of hydrogen-bond donors (Lipinski definition) is 1. The average Bonchev–Trinajstić information content (AvgIpc) is 2.72. The van der Waals surface area contributed by atoms with Crippen molar-refractivity contribution < 1.29 is 14.3 Å². The van der Waals surface area contributed by atoms with Crippen LogP contribution in [0.15, 0.2) is 60.7 Å². The van der Waals surface area contributed by atoms with E-state index in [0.717, 1.165) is 28.1 Å². The molecule has 3 aromatic rings. The molecule has 5 heteroatoms. The van der Waals surface area contributed by atoms with Crippen LogP contribution in [0.5, 0.6) is 11.5 Å². The van der Waals surface area contributed by atoms with Crippen LogP contribution in [0.4, 0.5) is 11.4 Å². The Hall–Kier alpha value is -3.47. The highest BCUT2D eigenvalue weighted by molar-refractivity contribution is 6.12. The summed E-state index contributed by atoms with van der Waals surface area (Å²) in [6, 6.07) is 19.5. The summed E-state index contributed by atoms with van der Waals surface area (Å²) in [6.07, 6.45) is -0.376. The molecule has 0 bridgehead atoms. The first-order valence-corrected chi connectivity index (χ1v) is 9.51. The highest BCUT2D eigenvalue weighted by Gasteiger charge is 2.34. The van der Waals surface area contributed by atoms with Crippen LogP contribution in [-0.2, 0) is 0 Å². The molecule has 0 saturated carbocycles. The summed E-state index contributed by atoms with van der Waals surface area (Å²) in [5, 5.41) is 3.53. The predicted octanol–water partition coefficient (Wildman–Crippen LogP) is 5.09. The minimum atomic E-state index is -0.376. The van der Waals surface area contributed by atoms with Crippen LogP contribution in [0, 0.1) is 13.8 Å². The van der Waals surface area contributed by atoms with Crippen molar-refractivity contribution in [2.45, 2.75) is 20.0 Å². The molecule has 3 aromatic carbocycles. The van der Waals surface area contributed by atoms with Gasteiger partial charge in [0.25, 0.3) is 5.91 Å². The van der Waals surface area contributed by atoms with Gasteiger partial charge in [-0.3, -0.25) is 9.69 Å². The number of nitrogens with zero attached hydrogens (tertiary/aromatic N) is 1. The molecule has 0 radical (unpaired) electrons. The molecule has 29 heavy (non-hydrogen) atoms. The lowest BCUT2D eigenvalue weighted by Gasteiger charge is -2.38. The number of methoxy groups -OCH3 is 2. The summed E-state index contributed by atoms with van der Waals surface area (Å²) < 4.78 is 10.9. The number of para-hydroxylation sites is 1. The molecule has 1 heterocycles. The van der Waals surface area contributed by atoms with E-state index < -0.39 is 0 Å². The van der Waals surface area contributed by atoms with Gasteiger partial charge in [0.2, 0.25) is 0 Å². The average molecular weight is 388 g/mol. The van der Waals surface area contributed by atoms with Crippen LogP contribution in [0.2, 0.25) is 0 Å². The van der Waals surface area contributed by atoms with Crippen molar-refractivity contribution in [1.29, 1.82) is 0 Å². The molecule has 0 saturated heterocycles. The SMILES string of the molecule is COc1ccc(C2Nc3ccccc3C(=O)N2c2cc(C)cc(C)c2)cc1OC. The summed E-state index contributed by atoms with van der Waals surface area (Å²) in [5.41, 5.74) is 5.45. The van der Waals surface area contributed by atoms with Crippen molar-refractivity contribution in [3.63, 3.8) is 0 Å². The predicted molar refractivity (Wildman–Crippen MR) is 115 cm³/mol. The first kappa shape index (κ1) is 18.9. The zero-order valence-corrected chi connectivity index (χ0v) is 17.0. The molecule has 1 N–H and O–H groups in total. The highest BCUT2D eigenvalue weighted by atomic mass is 16.5. The Bertz CT molecular complexity index is 1060. The highest BCUT2D eigenvalue weighted by Crippen LogP contribution is 2.39. The second-order valence-electron chi connectivity index (χ2n) is 7.23. The van der Waals surface area contributed by atoms with Gasteiger partial charge >= 0.3 is 0 Å². The van der Waals surface area contributed by atoms with Crippen molar-refractivity contribution in [1.82, 2.24) is 0 Å². The van der Waals surface area contributed by atoms with Crippen molar-refractivity contribution in [2.75, 3.05) is 24.4 Å². The molecule has 1 amide bonds. The third-order valence-corrected chi connectivity index (χ3v) is 5.13. The van der Waals surface area contributed by atoms with Crippen molar-refractivity contribution >= 4 is 17.3 Å². The Balaban J connectivity index is 1.88. The van der Waals surface area contributed by atoms with Crippen molar-refractivity contribution in [3.8, 4) is 11.5 Å². The topological polar surface area (TPSA) is 50.8 Å². The van der Waals surface area contributed by atoms with Crippen LogP contribution >= 0.6 is 0 Å². The third-order valence-electron chi connectivity index (χ3n) is 5.13. The monoisotopic (exact) mass is 388 g/mol. The van der Waals surface area contributed by atoms with E-state index >= 15 is 0 Å². The maximum absolute atomic E-state index is 13.5. The molecule has 148 valence electrons. The Morgan fingerprint density at radius 3 is 2.24 bits per heavy atom. The minimum absolute atomic E-state index is 0.0378. The fraction of sp³-hybridized carbons (Fsp3) is 0.208. The molecule has 0 spiro atoms. The van der Waals surface area contributed by atoms with Crippen LogP contribution in [0.1, 0.15) is 33.2 Å². The zero-order chi connectivity index (χ0) is 20.5. The number of hydrogen-bond acceptors (Lipinski definition) is 4. The van der Waals surface area contributed by atoms with Crippen molar-refractivity contribution in [3.05, 3.63) is 82.9 Å². The van der Waals surface area contributed by atoms with Crippen LogP contribution in [0.25, 0.3) is 0 Å². The lowest BCUT2D eigenvalue weighted by Crippen LogP contribution is -2.43. The summed E-state index contributed by atoms with van der Waals surface area (Å²) in [5.74, 6) is 1.24. The molecule has 0 fully saturated rings. The third kappa shape index (κ3) is 3.40. The van der Waals surface area contributed by atoms with Gasteiger partial charge in [-0.05, 0) is 66.9 Å². The number of amides is 1. The van der Waals surface area contributed by atoms with Crippen LogP contribution < -0.4 is 19.7 Å². The van der Waals surface area contributed by atoms with Gasteiger partial charge in [0.1, 0.15) is 6.17 Å². The molecule has 0 aromatic heterocycles. The number of aryl methyl sites for hydroxylation is 2. The van der Waals surface area contributed by atoms with E-state index in [1.54, 1.807) is 14.2 Å². The number of rotatable bonds is 4. The fourth-order valence-electron chi connectivity index (χ4n) is 3.87. The van der Waals surface area contributed by atoms with Gasteiger partial charge in [0.05, 0.1) is 19.8 Å². The lowest BCUT2D eigenvalue weighted by molar-refractivity contribution is 0.0975. The smallest absolute Gasteiger partial charge is 0.262 e. The lowest BCUT2D eigenvalue weighted by atomic mass is 10.0. The Morgan fingerprint density at radius 1 is 0.862 bits per heavy atom. The number of ether oxygens (including phenoxy) is 2. The standard InChI is InChI=1S/C24H24N2O3/c1-15-11-16(2)13-18(12-15)26-23(17-9-10-21(28-3)22(14-17)29-4)25-20-8-6-5-7-19(20)24(26)27/h5-14,23,25H,1-4H3. The van der Waals surface area contributed by atoms with E-state index in [4.69, 9.17) is 9.47 Å². The molecule has 1 atom stereocenters. The maximum atomic E-state index is 13.5. The second-order valence-corrected chi connectivity index (χ2v) is 7.23. The van der Waals surface area contributed by atoms with Crippen molar-refractivity contribution in [2.24, 2.45) is 0 Å². The molecule has 1 aliphatic rings. The Morgan fingerprint density at radius 2 is 1.55 bits per heavy atom. The number of anilines is 2. The molecule has 5 nitrogen and oxygen atoms in total. The molecule has 4 rings (SSSR count). The van der Waals surface area contributed by atoms with Gasteiger partial charge in [0, 0.05) is 11.4 Å². The first-order valence-electron chi connectivity index (χ1n) is 9.51.